The van der Waals surface area contributed by atoms with Gasteiger partial charge in [0.25, 0.3) is 6.43 Å². The Hall–Kier alpha value is -1.45. The maximum atomic E-state index is 13.1. The highest BCUT2D eigenvalue weighted by atomic mass is 19.4. The van der Waals surface area contributed by atoms with Crippen molar-refractivity contribution >= 4 is 5.97 Å². The first-order valence-electron chi connectivity index (χ1n) is 4.05. The fourth-order valence-corrected chi connectivity index (χ4v) is 1.44. The molecule has 0 aromatic heterocycles. The molecule has 0 spiro atoms. The quantitative estimate of drug-likeness (QED) is 0.582. The van der Waals surface area contributed by atoms with Crippen LogP contribution in [0.3, 0.4) is 0 Å². The third-order valence-electron chi connectivity index (χ3n) is 2.23. The first-order valence-corrected chi connectivity index (χ1v) is 4.05. The predicted octanol–water partition coefficient (Wildman–Crippen LogP) is 1.27. The van der Waals surface area contributed by atoms with Gasteiger partial charge in [0, 0.05) is 7.05 Å². The molecule has 1 aliphatic heterocycles. The molecular weight excluding hydrogens is 258 g/mol. The molecule has 0 aromatic carbocycles. The zero-order valence-electron chi connectivity index (χ0n) is 8.15. The summed E-state index contributed by atoms with van der Waals surface area (Å²) in [5, 5.41) is 8.41. The number of carbonyl (C=O) groups is 1. The fraction of sp³-hybridized carbons (Fsp3) is 0.571. The number of halogens is 6. The molecule has 4 nitrogen and oxygen atoms in total. The monoisotopic (exact) mass is 264 g/mol. The van der Waals surface area contributed by atoms with Crippen LogP contribution >= 0.6 is 0 Å². The Labute approximate surface area is 90.5 Å². The van der Waals surface area contributed by atoms with E-state index in [4.69, 9.17) is 5.11 Å². The number of alkyl halides is 5. The summed E-state index contributed by atoms with van der Waals surface area (Å²) in [6, 6.07) is 0. The maximum absolute atomic E-state index is 13.1. The molecule has 0 aromatic rings. The summed E-state index contributed by atoms with van der Waals surface area (Å²) in [5.74, 6) is -4.31. The number of carboxylic acids is 1. The van der Waals surface area contributed by atoms with Crippen LogP contribution in [0.2, 0.25) is 0 Å². The highest BCUT2D eigenvalue weighted by molar-refractivity contribution is 5.91. The van der Waals surface area contributed by atoms with Gasteiger partial charge in [0.1, 0.15) is 5.57 Å². The van der Waals surface area contributed by atoms with Crippen molar-refractivity contribution in [3.05, 3.63) is 11.5 Å². The Bertz CT molecular complexity index is 379. The highest BCUT2D eigenvalue weighted by Gasteiger charge is 2.70. The van der Waals surface area contributed by atoms with Crippen LogP contribution in [0.1, 0.15) is 0 Å². The molecule has 1 unspecified atom stereocenters. The van der Waals surface area contributed by atoms with Crippen molar-refractivity contribution in [2.45, 2.75) is 18.1 Å². The summed E-state index contributed by atoms with van der Waals surface area (Å²) in [6.45, 7) is 0. The molecule has 10 heteroatoms. The van der Waals surface area contributed by atoms with Crippen molar-refractivity contribution in [3.8, 4) is 0 Å². The first-order chi connectivity index (χ1) is 7.55. The van der Waals surface area contributed by atoms with E-state index >= 15 is 0 Å². The van der Waals surface area contributed by atoms with E-state index in [2.05, 4.69) is 0 Å². The van der Waals surface area contributed by atoms with Crippen LogP contribution in [0.4, 0.5) is 26.3 Å². The van der Waals surface area contributed by atoms with Crippen LogP contribution in [-0.4, -0.2) is 41.3 Å². The number of rotatable bonds is 2. The number of carboxylic acid groups (broad SMARTS) is 1. The van der Waals surface area contributed by atoms with E-state index in [1.807, 2.05) is 0 Å². The molecule has 1 aliphatic rings. The molecule has 1 atom stereocenters. The third-order valence-corrected chi connectivity index (χ3v) is 2.23. The lowest BCUT2D eigenvalue weighted by atomic mass is 9.91. The minimum Gasteiger partial charge on any atom is -0.478 e. The lowest BCUT2D eigenvalue weighted by Gasteiger charge is -2.32. The zero-order chi connectivity index (χ0) is 13.6. The van der Waals surface area contributed by atoms with Gasteiger partial charge < -0.3 is 5.11 Å². The smallest absolute Gasteiger partial charge is 0.418 e. The van der Waals surface area contributed by atoms with Gasteiger partial charge in [-0.1, -0.05) is 0 Å². The number of hydrazine groups is 1. The molecule has 98 valence electrons. The van der Waals surface area contributed by atoms with Gasteiger partial charge in [0.2, 0.25) is 11.5 Å². The van der Waals surface area contributed by atoms with Crippen molar-refractivity contribution < 1.29 is 36.2 Å². The summed E-state index contributed by atoms with van der Waals surface area (Å²) in [7, 11) is 0.661. The highest BCUT2D eigenvalue weighted by Crippen LogP contribution is 2.45. The lowest BCUT2D eigenvalue weighted by molar-refractivity contribution is -0.225. The second-order valence-electron chi connectivity index (χ2n) is 3.25. The summed E-state index contributed by atoms with van der Waals surface area (Å²) in [5.41, 5.74) is -5.18. The second kappa shape index (κ2) is 3.79. The summed E-state index contributed by atoms with van der Waals surface area (Å²) in [4.78, 5) is 10.5. The Morgan fingerprint density at radius 2 is 1.94 bits per heavy atom. The molecular formula is C7H6F6N2O2. The van der Waals surface area contributed by atoms with Crippen LogP contribution in [0, 0.1) is 0 Å². The van der Waals surface area contributed by atoms with E-state index in [0.717, 1.165) is 5.43 Å². The molecule has 0 amide bonds. The molecule has 0 saturated heterocycles. The topological polar surface area (TPSA) is 52.6 Å². The van der Waals surface area contributed by atoms with Crippen LogP contribution in [0.25, 0.3) is 0 Å². The summed E-state index contributed by atoms with van der Waals surface area (Å²) in [6.07, 6.45) is -9.85. The number of aliphatic carboxylic acids is 1. The van der Waals surface area contributed by atoms with Crippen molar-refractivity contribution in [3.63, 3.8) is 0 Å². The van der Waals surface area contributed by atoms with Crippen molar-refractivity contribution in [2.24, 2.45) is 0 Å². The van der Waals surface area contributed by atoms with E-state index < -0.39 is 35.6 Å². The third kappa shape index (κ3) is 1.72. The van der Waals surface area contributed by atoms with Gasteiger partial charge in [0.05, 0.1) is 0 Å². The predicted molar refractivity (Wildman–Crippen MR) is 41.5 cm³/mol. The first kappa shape index (κ1) is 13.6. The largest absolute Gasteiger partial charge is 0.478 e. The van der Waals surface area contributed by atoms with Gasteiger partial charge in [-0.3, -0.25) is 5.01 Å². The number of nitrogens with one attached hydrogen (secondary N) is 1. The van der Waals surface area contributed by atoms with Crippen LogP contribution in [0.15, 0.2) is 11.5 Å². The molecule has 0 bridgehead atoms. The molecule has 0 fully saturated rings. The number of hydrogen-bond acceptors (Lipinski definition) is 3. The normalized spacial score (nSPS) is 26.0. The summed E-state index contributed by atoms with van der Waals surface area (Å²) < 4.78 is 76.1. The van der Waals surface area contributed by atoms with Gasteiger partial charge in [-0.25, -0.2) is 19.0 Å². The van der Waals surface area contributed by atoms with Crippen molar-refractivity contribution in [1.82, 2.24) is 10.4 Å². The van der Waals surface area contributed by atoms with Gasteiger partial charge in [-0.2, -0.15) is 17.6 Å². The Kier molecular flexibility index (Phi) is 3.04. The van der Waals surface area contributed by atoms with Crippen LogP contribution in [-0.2, 0) is 4.79 Å². The molecule has 1 rings (SSSR count). The van der Waals surface area contributed by atoms with Gasteiger partial charge >= 0.3 is 12.1 Å². The fourth-order valence-electron chi connectivity index (χ4n) is 1.44. The van der Waals surface area contributed by atoms with E-state index in [0.29, 0.717) is 7.05 Å². The van der Waals surface area contributed by atoms with Gasteiger partial charge in [-0.05, 0) is 0 Å². The minimum atomic E-state index is -5.67. The van der Waals surface area contributed by atoms with Crippen molar-refractivity contribution in [2.75, 3.05) is 7.05 Å². The standard InChI is InChI=1S/C7H6F6N2O2/c1-15-3(8)2(4(16)17)6(14-15,5(9)10)7(11,12)13/h5,14H,1H3,(H,16,17). The lowest BCUT2D eigenvalue weighted by Crippen LogP contribution is -2.63. The van der Waals surface area contributed by atoms with Crippen molar-refractivity contribution in [1.29, 1.82) is 0 Å². The van der Waals surface area contributed by atoms with E-state index in [1.165, 1.54) is 0 Å². The van der Waals surface area contributed by atoms with Gasteiger partial charge in [-0.15, -0.1) is 0 Å². The molecule has 0 aliphatic carbocycles. The maximum Gasteiger partial charge on any atom is 0.418 e. The molecule has 2 N–H and O–H groups in total. The Morgan fingerprint density at radius 3 is 2.18 bits per heavy atom. The zero-order valence-corrected chi connectivity index (χ0v) is 8.15. The minimum absolute atomic E-state index is 0.0386. The van der Waals surface area contributed by atoms with Crippen LogP contribution in [0.5, 0.6) is 0 Å². The average Bonchev–Trinajstić information content (AvgIpc) is 2.39. The van der Waals surface area contributed by atoms with E-state index in [-0.39, 0.29) is 5.01 Å². The molecule has 17 heavy (non-hydrogen) atoms. The SMILES string of the molecule is CN1NC(C(F)F)(C(F)(F)F)C(C(=O)O)=C1F. The number of nitrogens with zero attached hydrogens (tertiary/aromatic N) is 1. The molecule has 0 radical (unpaired) electrons. The van der Waals surface area contributed by atoms with E-state index in [9.17, 15) is 31.1 Å². The molecule has 0 saturated carbocycles. The molecule has 1 heterocycles. The average molecular weight is 264 g/mol. The summed E-state index contributed by atoms with van der Waals surface area (Å²) >= 11 is 0. The van der Waals surface area contributed by atoms with Gasteiger partial charge in [0.15, 0.2) is 0 Å². The Morgan fingerprint density at radius 1 is 1.47 bits per heavy atom. The van der Waals surface area contributed by atoms with Crippen LogP contribution < -0.4 is 5.43 Å². The number of hydrogen-bond donors (Lipinski definition) is 2. The Balaban J connectivity index is 3.50. The van der Waals surface area contributed by atoms with E-state index in [1.54, 1.807) is 0 Å². The second-order valence-corrected chi connectivity index (χ2v) is 3.25.